The highest BCUT2D eigenvalue weighted by Crippen LogP contribution is 2.32. The first-order valence-corrected chi connectivity index (χ1v) is 8.15. The summed E-state index contributed by atoms with van der Waals surface area (Å²) in [6, 6.07) is 6.90. The molecule has 0 heterocycles. The molecular formula is C18H28FNO2. The topological polar surface area (TPSA) is 38.3 Å². The molecule has 3 nitrogen and oxygen atoms in total. The predicted octanol–water partition coefficient (Wildman–Crippen LogP) is 4.87. The first-order chi connectivity index (χ1) is 10.6. The molecule has 0 saturated heterocycles. The molecule has 4 heteroatoms. The molecule has 0 saturated carbocycles. The third kappa shape index (κ3) is 6.46. The van der Waals surface area contributed by atoms with Gasteiger partial charge < -0.3 is 10.1 Å². The molecule has 1 amide bonds. The van der Waals surface area contributed by atoms with Crippen molar-refractivity contribution in [1.29, 1.82) is 0 Å². The second-order valence-electron chi connectivity index (χ2n) is 5.84. The second-order valence-corrected chi connectivity index (χ2v) is 5.84. The Morgan fingerprint density at radius 2 is 2.09 bits per heavy atom. The van der Waals surface area contributed by atoms with Crippen LogP contribution in [0.1, 0.15) is 57.4 Å². The van der Waals surface area contributed by atoms with Crippen molar-refractivity contribution in [2.75, 3.05) is 13.7 Å². The number of carbonyl (C=O) groups is 1. The first-order valence-electron chi connectivity index (χ1n) is 8.15. The van der Waals surface area contributed by atoms with Gasteiger partial charge in [0.15, 0.2) is 0 Å². The molecule has 0 aliphatic heterocycles. The summed E-state index contributed by atoms with van der Waals surface area (Å²) in [7, 11) is 1.36. The Kier molecular flexibility index (Phi) is 8.56. The minimum absolute atomic E-state index is 0.183. The van der Waals surface area contributed by atoms with Gasteiger partial charge in [0.05, 0.1) is 7.11 Å². The van der Waals surface area contributed by atoms with Gasteiger partial charge in [0.1, 0.15) is 5.82 Å². The lowest BCUT2D eigenvalue weighted by Gasteiger charge is -2.25. The summed E-state index contributed by atoms with van der Waals surface area (Å²) in [4.78, 5) is 11.1. The lowest BCUT2D eigenvalue weighted by molar-refractivity contribution is 0.170. The highest BCUT2D eigenvalue weighted by Gasteiger charge is 2.19. The average Bonchev–Trinajstić information content (AvgIpc) is 2.52. The molecule has 1 aromatic rings. The van der Waals surface area contributed by atoms with Crippen LogP contribution >= 0.6 is 0 Å². The van der Waals surface area contributed by atoms with E-state index in [2.05, 4.69) is 23.9 Å². The number of hydrogen-bond acceptors (Lipinski definition) is 2. The van der Waals surface area contributed by atoms with Crippen LogP contribution in [0.2, 0.25) is 0 Å². The van der Waals surface area contributed by atoms with E-state index in [1.54, 1.807) is 12.1 Å². The fraction of sp³-hybridized carbons (Fsp3) is 0.611. The number of ether oxygens (including phenoxy) is 1. The van der Waals surface area contributed by atoms with Gasteiger partial charge in [-0.1, -0.05) is 45.2 Å². The minimum Gasteiger partial charge on any atom is -0.453 e. The lowest BCUT2D eigenvalue weighted by Crippen LogP contribution is -2.24. The van der Waals surface area contributed by atoms with Crippen LogP contribution in [0.3, 0.4) is 0 Å². The van der Waals surface area contributed by atoms with E-state index in [-0.39, 0.29) is 5.82 Å². The molecule has 0 aromatic heterocycles. The van der Waals surface area contributed by atoms with Crippen LogP contribution in [-0.4, -0.2) is 19.7 Å². The summed E-state index contributed by atoms with van der Waals surface area (Å²) >= 11 is 0. The Morgan fingerprint density at radius 1 is 1.32 bits per heavy atom. The number of methoxy groups -OCH3 is 1. The maximum absolute atomic E-state index is 13.5. The first kappa shape index (κ1) is 18.5. The summed E-state index contributed by atoms with van der Waals surface area (Å²) in [5.41, 5.74) is 1.06. The van der Waals surface area contributed by atoms with Crippen molar-refractivity contribution < 1.29 is 13.9 Å². The number of nitrogens with one attached hydrogen (secondary N) is 1. The smallest absolute Gasteiger partial charge is 0.406 e. The van der Waals surface area contributed by atoms with Crippen molar-refractivity contribution in [1.82, 2.24) is 5.32 Å². The average molecular weight is 309 g/mol. The third-order valence-electron chi connectivity index (χ3n) is 4.12. The summed E-state index contributed by atoms with van der Waals surface area (Å²) < 4.78 is 18.1. The molecule has 2 atom stereocenters. The van der Waals surface area contributed by atoms with Crippen LogP contribution in [0.15, 0.2) is 24.3 Å². The fourth-order valence-electron chi connectivity index (χ4n) is 2.83. The SMILES string of the molecule is CCCC[C@H](C)[C@@H](CCCNC(=O)OC)c1cccc(F)c1. The zero-order chi connectivity index (χ0) is 16.4. The van der Waals surface area contributed by atoms with Gasteiger partial charge >= 0.3 is 6.09 Å². The number of carbonyl (C=O) groups excluding carboxylic acids is 1. The maximum Gasteiger partial charge on any atom is 0.406 e. The van der Waals surface area contributed by atoms with E-state index in [4.69, 9.17) is 0 Å². The number of rotatable bonds is 9. The number of halogens is 1. The van der Waals surface area contributed by atoms with Gasteiger partial charge in [-0.25, -0.2) is 9.18 Å². The van der Waals surface area contributed by atoms with Crippen molar-refractivity contribution in [2.45, 2.75) is 51.9 Å². The molecule has 1 N–H and O–H groups in total. The van der Waals surface area contributed by atoms with Crippen LogP contribution in [0.25, 0.3) is 0 Å². The van der Waals surface area contributed by atoms with E-state index in [1.807, 2.05) is 6.07 Å². The molecule has 0 radical (unpaired) electrons. The van der Waals surface area contributed by atoms with E-state index in [0.717, 1.165) is 24.8 Å². The molecule has 22 heavy (non-hydrogen) atoms. The summed E-state index contributed by atoms with van der Waals surface area (Å²) in [6.07, 6.45) is 4.88. The number of benzene rings is 1. The van der Waals surface area contributed by atoms with E-state index >= 15 is 0 Å². The molecule has 0 aliphatic rings. The van der Waals surface area contributed by atoms with E-state index in [1.165, 1.54) is 26.0 Å². The van der Waals surface area contributed by atoms with Gasteiger partial charge in [0, 0.05) is 6.54 Å². The predicted molar refractivity (Wildman–Crippen MR) is 87.5 cm³/mol. The Bertz CT molecular complexity index is 450. The van der Waals surface area contributed by atoms with E-state index in [9.17, 15) is 9.18 Å². The summed E-state index contributed by atoms with van der Waals surface area (Å²) in [5.74, 6) is 0.638. The van der Waals surface area contributed by atoms with Crippen LogP contribution in [-0.2, 0) is 4.74 Å². The number of unbranched alkanes of at least 4 members (excludes halogenated alkanes) is 1. The van der Waals surface area contributed by atoms with Crippen molar-refractivity contribution in [3.63, 3.8) is 0 Å². The molecule has 0 fully saturated rings. The Hall–Kier alpha value is -1.58. The van der Waals surface area contributed by atoms with Crippen LogP contribution in [0, 0.1) is 11.7 Å². The Morgan fingerprint density at radius 3 is 2.73 bits per heavy atom. The van der Waals surface area contributed by atoms with Crippen LogP contribution in [0.5, 0.6) is 0 Å². The van der Waals surface area contributed by atoms with Gasteiger partial charge in [-0.05, 0) is 42.4 Å². The van der Waals surface area contributed by atoms with Crippen molar-refractivity contribution in [3.05, 3.63) is 35.6 Å². The van der Waals surface area contributed by atoms with Gasteiger partial charge in [-0.3, -0.25) is 0 Å². The maximum atomic E-state index is 13.5. The molecule has 1 aromatic carbocycles. The van der Waals surface area contributed by atoms with Gasteiger partial charge in [0.2, 0.25) is 0 Å². The number of alkyl carbamates (subject to hydrolysis) is 1. The van der Waals surface area contributed by atoms with E-state index < -0.39 is 6.09 Å². The van der Waals surface area contributed by atoms with Crippen molar-refractivity contribution in [3.8, 4) is 0 Å². The second kappa shape index (κ2) is 10.2. The molecule has 0 spiro atoms. The van der Waals surface area contributed by atoms with Crippen LogP contribution in [0.4, 0.5) is 9.18 Å². The van der Waals surface area contributed by atoms with Gasteiger partial charge in [-0.15, -0.1) is 0 Å². The van der Waals surface area contributed by atoms with Crippen molar-refractivity contribution in [2.24, 2.45) is 5.92 Å². The molecule has 0 bridgehead atoms. The zero-order valence-corrected chi connectivity index (χ0v) is 13.9. The third-order valence-corrected chi connectivity index (χ3v) is 4.12. The highest BCUT2D eigenvalue weighted by molar-refractivity contribution is 5.66. The standard InChI is InChI=1S/C18H28FNO2/c1-4-5-8-14(2)17(11-7-12-20-18(21)22-3)15-9-6-10-16(19)13-15/h6,9-10,13-14,17H,4-5,7-8,11-12H2,1-3H3,(H,20,21)/t14-,17+/m0/s1. The van der Waals surface area contributed by atoms with Gasteiger partial charge in [0.25, 0.3) is 0 Å². The zero-order valence-electron chi connectivity index (χ0n) is 13.9. The molecular weight excluding hydrogens is 281 g/mol. The summed E-state index contributed by atoms with van der Waals surface area (Å²) in [6.45, 7) is 5.00. The fourth-order valence-corrected chi connectivity index (χ4v) is 2.83. The molecule has 0 aliphatic carbocycles. The van der Waals surface area contributed by atoms with Crippen LogP contribution < -0.4 is 5.32 Å². The monoisotopic (exact) mass is 309 g/mol. The lowest BCUT2D eigenvalue weighted by atomic mass is 9.81. The highest BCUT2D eigenvalue weighted by atomic mass is 19.1. The molecule has 0 unspecified atom stereocenters. The number of hydrogen-bond donors (Lipinski definition) is 1. The number of amides is 1. The molecule has 1 rings (SSSR count). The molecule has 124 valence electrons. The minimum atomic E-state index is -0.402. The Balaban J connectivity index is 2.64. The van der Waals surface area contributed by atoms with Crippen molar-refractivity contribution >= 4 is 6.09 Å². The quantitative estimate of drug-likeness (QED) is 0.661. The van der Waals surface area contributed by atoms with Gasteiger partial charge in [-0.2, -0.15) is 0 Å². The van der Waals surface area contributed by atoms with E-state index in [0.29, 0.717) is 18.4 Å². The largest absolute Gasteiger partial charge is 0.453 e. The Labute approximate surface area is 133 Å². The summed E-state index contributed by atoms with van der Waals surface area (Å²) in [5, 5.41) is 2.70. The normalized spacial score (nSPS) is 13.5.